The van der Waals surface area contributed by atoms with Crippen molar-refractivity contribution in [2.24, 2.45) is 0 Å². The highest BCUT2D eigenvalue weighted by atomic mass is 35.5. The molecule has 0 unspecified atom stereocenters. The number of furan rings is 1. The molecule has 41 heavy (non-hydrogen) atoms. The van der Waals surface area contributed by atoms with Gasteiger partial charge in [-0.15, -0.1) is 0 Å². The van der Waals surface area contributed by atoms with E-state index in [4.69, 9.17) is 27.6 Å². The number of piperazine rings is 1. The van der Waals surface area contributed by atoms with Gasteiger partial charge in [-0.1, -0.05) is 29.3 Å². The minimum absolute atomic E-state index is 0.0413. The number of hydrogen-bond acceptors (Lipinski definition) is 4. The van der Waals surface area contributed by atoms with Crippen LogP contribution in [0.15, 0.2) is 65.1 Å². The van der Waals surface area contributed by atoms with Crippen LogP contribution in [0.25, 0.3) is 17.4 Å². The summed E-state index contributed by atoms with van der Waals surface area (Å²) >= 11 is 12.3. The first-order valence-corrected chi connectivity index (χ1v) is 13.0. The fourth-order valence-electron chi connectivity index (χ4n) is 4.44. The molecule has 12 heteroatoms. The van der Waals surface area contributed by atoms with Crippen molar-refractivity contribution in [3.05, 3.63) is 106 Å². The van der Waals surface area contributed by atoms with E-state index in [0.29, 0.717) is 32.8 Å². The number of carbonyl (C=O) groups excluding carboxylic acids is 1. The van der Waals surface area contributed by atoms with E-state index in [-0.39, 0.29) is 26.2 Å². The molecule has 0 atom stereocenters. The summed E-state index contributed by atoms with van der Waals surface area (Å²) in [6, 6.07) is 15.5. The topological polar surface area (TPSA) is 48.7 Å². The Hall–Kier alpha value is -4.02. The second kappa shape index (κ2) is 11.8. The zero-order valence-electron chi connectivity index (χ0n) is 21.0. The lowest BCUT2D eigenvalue weighted by atomic mass is 10.2. The van der Waals surface area contributed by atoms with Crippen molar-refractivity contribution in [3.63, 3.8) is 0 Å². The fraction of sp³-hybridized carbons (Fsp3) is 0.138. The number of hydrogen-bond donors (Lipinski definition) is 1. The minimum Gasteiger partial charge on any atom is -0.457 e. The highest BCUT2D eigenvalue weighted by Crippen LogP contribution is 2.35. The predicted octanol–water partition coefficient (Wildman–Crippen LogP) is 7.93. The molecule has 0 spiro atoms. The van der Waals surface area contributed by atoms with E-state index in [1.165, 1.54) is 12.2 Å². The predicted molar refractivity (Wildman–Crippen MR) is 149 cm³/mol. The smallest absolute Gasteiger partial charge is 0.248 e. The first-order chi connectivity index (χ1) is 19.6. The van der Waals surface area contributed by atoms with Gasteiger partial charge in [-0.3, -0.25) is 4.79 Å². The van der Waals surface area contributed by atoms with Crippen molar-refractivity contribution in [3.8, 4) is 11.3 Å². The fourth-order valence-corrected chi connectivity index (χ4v) is 4.83. The molecule has 5 nitrogen and oxygen atoms in total. The summed E-state index contributed by atoms with van der Waals surface area (Å²) in [5, 5.41) is 3.50. The molecule has 1 aliphatic rings. The van der Waals surface area contributed by atoms with Crippen molar-refractivity contribution in [2.75, 3.05) is 41.3 Å². The summed E-state index contributed by atoms with van der Waals surface area (Å²) in [7, 11) is 0. The number of anilines is 3. The van der Waals surface area contributed by atoms with Gasteiger partial charge in [0.25, 0.3) is 0 Å². The molecular weight excluding hydrogens is 588 g/mol. The molecular formula is C29H20Cl2F5N3O2. The molecule has 212 valence electrons. The van der Waals surface area contributed by atoms with Crippen LogP contribution in [0.1, 0.15) is 5.76 Å². The maximum absolute atomic E-state index is 14.2. The Bertz CT molecular complexity index is 1610. The molecule has 1 aromatic heterocycles. The summed E-state index contributed by atoms with van der Waals surface area (Å²) < 4.78 is 74.7. The van der Waals surface area contributed by atoms with Gasteiger partial charge < -0.3 is 19.5 Å². The molecule has 1 fully saturated rings. The summed E-state index contributed by atoms with van der Waals surface area (Å²) in [5.41, 5.74) is 0.987. The van der Waals surface area contributed by atoms with Crippen LogP contribution < -0.4 is 15.1 Å². The second-order valence-electron chi connectivity index (χ2n) is 9.07. The average molecular weight is 608 g/mol. The van der Waals surface area contributed by atoms with Gasteiger partial charge in [0, 0.05) is 49.2 Å². The summed E-state index contributed by atoms with van der Waals surface area (Å²) in [6.45, 7) is 0.637. The van der Waals surface area contributed by atoms with Crippen molar-refractivity contribution in [1.29, 1.82) is 0 Å². The number of carbonyl (C=O) groups is 1. The second-order valence-corrected chi connectivity index (χ2v) is 9.85. The standard InChI is InChI=1S/C29H20Cl2F5N3O2/c30-20-3-1-2-19(23(20)31)21-10-8-18(41-21)9-11-22(40)37-16-4-6-17(7-5-16)38-12-14-39(15-13-38)29-27(35)25(33)24(32)26(34)28(29)36/h1-11H,12-15H2,(H,37,40). The van der Waals surface area contributed by atoms with E-state index in [0.717, 1.165) is 10.6 Å². The third-order valence-electron chi connectivity index (χ3n) is 6.53. The van der Waals surface area contributed by atoms with Gasteiger partial charge in [0.1, 0.15) is 17.2 Å². The number of nitrogens with one attached hydrogen (secondary N) is 1. The molecule has 1 N–H and O–H groups in total. The molecule has 0 radical (unpaired) electrons. The van der Waals surface area contributed by atoms with Gasteiger partial charge in [0.2, 0.25) is 11.7 Å². The lowest BCUT2D eigenvalue weighted by Crippen LogP contribution is -2.47. The van der Waals surface area contributed by atoms with Crippen LogP contribution >= 0.6 is 23.2 Å². The molecule has 0 saturated carbocycles. The van der Waals surface area contributed by atoms with E-state index in [1.54, 1.807) is 54.6 Å². The summed E-state index contributed by atoms with van der Waals surface area (Å²) in [4.78, 5) is 15.4. The molecule has 1 aliphatic heterocycles. The molecule has 4 aromatic rings. The maximum Gasteiger partial charge on any atom is 0.248 e. The Morgan fingerprint density at radius 2 is 1.39 bits per heavy atom. The van der Waals surface area contributed by atoms with Crippen molar-refractivity contribution in [1.82, 2.24) is 0 Å². The molecule has 5 rings (SSSR count). The van der Waals surface area contributed by atoms with Crippen LogP contribution in [-0.4, -0.2) is 32.1 Å². The van der Waals surface area contributed by atoms with Gasteiger partial charge in [0.15, 0.2) is 23.3 Å². The minimum atomic E-state index is -2.18. The zero-order valence-corrected chi connectivity index (χ0v) is 22.5. The quantitative estimate of drug-likeness (QED) is 0.105. The van der Waals surface area contributed by atoms with E-state index >= 15 is 0 Å². The largest absolute Gasteiger partial charge is 0.457 e. The van der Waals surface area contributed by atoms with E-state index in [2.05, 4.69) is 5.32 Å². The van der Waals surface area contributed by atoms with Crippen LogP contribution in [0.3, 0.4) is 0 Å². The van der Waals surface area contributed by atoms with Gasteiger partial charge in [-0.25, -0.2) is 22.0 Å². The van der Waals surface area contributed by atoms with Crippen molar-refractivity contribution >= 4 is 52.2 Å². The van der Waals surface area contributed by atoms with Crippen LogP contribution in [0.4, 0.5) is 39.0 Å². The molecule has 0 bridgehead atoms. The van der Waals surface area contributed by atoms with Crippen LogP contribution in [-0.2, 0) is 4.79 Å². The third kappa shape index (κ3) is 5.89. The molecule has 1 saturated heterocycles. The maximum atomic E-state index is 14.2. The van der Waals surface area contributed by atoms with E-state index < -0.39 is 40.7 Å². The Balaban J connectivity index is 1.17. The Kier molecular flexibility index (Phi) is 8.23. The van der Waals surface area contributed by atoms with Gasteiger partial charge in [0.05, 0.1) is 10.0 Å². The number of benzene rings is 3. The SMILES string of the molecule is O=C(C=Cc1ccc(-c2cccc(Cl)c2Cl)o1)Nc1ccc(N2CCN(c3c(F)c(F)c(F)c(F)c3F)CC2)cc1. The highest BCUT2D eigenvalue weighted by Gasteiger charge is 2.30. The molecule has 3 aromatic carbocycles. The highest BCUT2D eigenvalue weighted by molar-refractivity contribution is 6.43. The Labute approximate surface area is 241 Å². The van der Waals surface area contributed by atoms with Crippen LogP contribution in [0.5, 0.6) is 0 Å². The zero-order chi connectivity index (χ0) is 29.3. The number of rotatable bonds is 6. The Morgan fingerprint density at radius 3 is 2.05 bits per heavy atom. The van der Waals surface area contributed by atoms with Crippen molar-refractivity contribution < 1.29 is 31.2 Å². The number of nitrogens with zero attached hydrogens (tertiary/aromatic N) is 2. The lowest BCUT2D eigenvalue weighted by Gasteiger charge is -2.37. The van der Waals surface area contributed by atoms with E-state index in [1.807, 2.05) is 4.90 Å². The first kappa shape index (κ1) is 28.5. The third-order valence-corrected chi connectivity index (χ3v) is 7.34. The van der Waals surface area contributed by atoms with Crippen LogP contribution in [0.2, 0.25) is 10.0 Å². The van der Waals surface area contributed by atoms with Gasteiger partial charge >= 0.3 is 0 Å². The van der Waals surface area contributed by atoms with Crippen LogP contribution in [0, 0.1) is 29.1 Å². The summed E-state index contributed by atoms with van der Waals surface area (Å²) in [5.74, 6) is -9.26. The molecule has 0 aliphatic carbocycles. The normalized spacial score (nSPS) is 13.7. The van der Waals surface area contributed by atoms with Gasteiger partial charge in [-0.2, -0.15) is 0 Å². The summed E-state index contributed by atoms with van der Waals surface area (Å²) in [6.07, 6.45) is 2.82. The monoisotopic (exact) mass is 607 g/mol. The average Bonchev–Trinajstić information content (AvgIpc) is 3.45. The number of halogens is 7. The molecule has 1 amide bonds. The van der Waals surface area contributed by atoms with Crippen molar-refractivity contribution in [2.45, 2.75) is 0 Å². The molecule has 2 heterocycles. The Morgan fingerprint density at radius 1 is 0.780 bits per heavy atom. The van der Waals surface area contributed by atoms with Gasteiger partial charge in [-0.05, 0) is 54.6 Å². The van der Waals surface area contributed by atoms with E-state index in [9.17, 15) is 26.7 Å². The first-order valence-electron chi connectivity index (χ1n) is 12.3. The number of amides is 1. The lowest BCUT2D eigenvalue weighted by molar-refractivity contribution is -0.111.